The van der Waals surface area contributed by atoms with Gasteiger partial charge in [-0.05, 0) is 34.0 Å². The van der Waals surface area contributed by atoms with Gasteiger partial charge in [0.25, 0.3) is 0 Å². The van der Waals surface area contributed by atoms with Crippen molar-refractivity contribution in [2.75, 3.05) is 32.5 Å². The van der Waals surface area contributed by atoms with E-state index in [0.29, 0.717) is 18.1 Å². The molecule has 0 fully saturated rings. The second-order valence-electron chi connectivity index (χ2n) is 3.86. The standard InChI is InChI=1S/C10H18N4O2/c1-8-7-9(13-16-8)12-10(15)11-5-4-6-14(2)3/h7H,4-6H2,1-3H3,(H2,11,12,13,15). The Bertz CT molecular complexity index is 335. The monoisotopic (exact) mass is 226 g/mol. The molecule has 0 aliphatic carbocycles. The van der Waals surface area contributed by atoms with Crippen LogP contribution in [0.1, 0.15) is 12.2 Å². The van der Waals surface area contributed by atoms with E-state index in [2.05, 4.69) is 20.7 Å². The lowest BCUT2D eigenvalue weighted by molar-refractivity contribution is 0.251. The average Bonchev–Trinajstić information content (AvgIpc) is 2.58. The minimum Gasteiger partial charge on any atom is -0.360 e. The lowest BCUT2D eigenvalue weighted by atomic mass is 10.4. The Morgan fingerprint density at radius 1 is 1.56 bits per heavy atom. The Kier molecular flexibility index (Phi) is 4.78. The van der Waals surface area contributed by atoms with Crippen molar-refractivity contribution in [2.24, 2.45) is 0 Å². The minimum absolute atomic E-state index is 0.257. The molecule has 0 aliphatic heterocycles. The third kappa shape index (κ3) is 4.79. The molecule has 0 atom stereocenters. The van der Waals surface area contributed by atoms with Gasteiger partial charge in [-0.1, -0.05) is 5.16 Å². The van der Waals surface area contributed by atoms with E-state index < -0.39 is 0 Å². The topological polar surface area (TPSA) is 70.4 Å². The van der Waals surface area contributed by atoms with Gasteiger partial charge < -0.3 is 14.7 Å². The first-order valence-electron chi connectivity index (χ1n) is 5.21. The lowest BCUT2D eigenvalue weighted by Crippen LogP contribution is -2.31. The maximum atomic E-state index is 11.3. The Labute approximate surface area is 95.0 Å². The molecule has 0 bridgehead atoms. The van der Waals surface area contributed by atoms with Gasteiger partial charge in [-0.2, -0.15) is 0 Å². The van der Waals surface area contributed by atoms with Crippen LogP contribution in [0.3, 0.4) is 0 Å². The van der Waals surface area contributed by atoms with Gasteiger partial charge in [-0.15, -0.1) is 0 Å². The van der Waals surface area contributed by atoms with Gasteiger partial charge in [-0.25, -0.2) is 4.79 Å². The SMILES string of the molecule is Cc1cc(NC(=O)NCCCN(C)C)no1. The van der Waals surface area contributed by atoms with Gasteiger partial charge in [0.15, 0.2) is 5.82 Å². The summed E-state index contributed by atoms with van der Waals surface area (Å²) in [5.74, 6) is 1.10. The summed E-state index contributed by atoms with van der Waals surface area (Å²) < 4.78 is 4.82. The van der Waals surface area contributed by atoms with Crippen molar-refractivity contribution < 1.29 is 9.32 Å². The number of carbonyl (C=O) groups excluding carboxylic acids is 1. The van der Waals surface area contributed by atoms with Crippen LogP contribution in [0.5, 0.6) is 0 Å². The van der Waals surface area contributed by atoms with E-state index in [1.54, 1.807) is 13.0 Å². The normalized spacial score (nSPS) is 10.5. The predicted molar refractivity (Wildman–Crippen MR) is 61.4 cm³/mol. The molecular weight excluding hydrogens is 208 g/mol. The summed E-state index contributed by atoms with van der Waals surface area (Å²) in [6.07, 6.45) is 0.915. The van der Waals surface area contributed by atoms with E-state index in [9.17, 15) is 4.79 Å². The number of aromatic nitrogens is 1. The van der Waals surface area contributed by atoms with E-state index in [0.717, 1.165) is 13.0 Å². The first-order valence-corrected chi connectivity index (χ1v) is 5.21. The van der Waals surface area contributed by atoms with Crippen molar-refractivity contribution in [3.05, 3.63) is 11.8 Å². The highest BCUT2D eigenvalue weighted by atomic mass is 16.5. The van der Waals surface area contributed by atoms with Crippen molar-refractivity contribution in [3.63, 3.8) is 0 Å². The molecule has 16 heavy (non-hydrogen) atoms. The zero-order chi connectivity index (χ0) is 12.0. The molecule has 6 nitrogen and oxygen atoms in total. The Morgan fingerprint density at radius 3 is 2.88 bits per heavy atom. The molecule has 0 spiro atoms. The number of hydrogen-bond acceptors (Lipinski definition) is 4. The maximum Gasteiger partial charge on any atom is 0.320 e. The smallest absolute Gasteiger partial charge is 0.320 e. The molecule has 90 valence electrons. The number of nitrogens with one attached hydrogen (secondary N) is 2. The molecule has 0 aliphatic rings. The number of nitrogens with zero attached hydrogens (tertiary/aromatic N) is 2. The third-order valence-corrected chi connectivity index (χ3v) is 1.94. The number of anilines is 1. The number of urea groups is 1. The molecule has 0 radical (unpaired) electrons. The molecule has 0 aromatic carbocycles. The summed E-state index contributed by atoms with van der Waals surface area (Å²) in [7, 11) is 4.00. The Hall–Kier alpha value is -1.56. The van der Waals surface area contributed by atoms with Gasteiger partial charge >= 0.3 is 6.03 Å². The zero-order valence-corrected chi connectivity index (χ0v) is 9.91. The van der Waals surface area contributed by atoms with Gasteiger partial charge in [-0.3, -0.25) is 5.32 Å². The third-order valence-electron chi connectivity index (χ3n) is 1.94. The molecule has 1 aromatic rings. The Balaban J connectivity index is 2.16. The van der Waals surface area contributed by atoms with Crippen molar-refractivity contribution in [2.45, 2.75) is 13.3 Å². The van der Waals surface area contributed by atoms with Crippen molar-refractivity contribution in [3.8, 4) is 0 Å². The second-order valence-corrected chi connectivity index (χ2v) is 3.86. The highest BCUT2D eigenvalue weighted by Gasteiger charge is 2.04. The van der Waals surface area contributed by atoms with Crippen LogP contribution in [-0.4, -0.2) is 43.3 Å². The van der Waals surface area contributed by atoms with Gasteiger partial charge in [0.1, 0.15) is 5.76 Å². The molecule has 2 amide bonds. The van der Waals surface area contributed by atoms with Gasteiger partial charge in [0.2, 0.25) is 0 Å². The first-order chi connectivity index (χ1) is 7.58. The number of carbonyl (C=O) groups is 1. The van der Waals surface area contributed by atoms with E-state index in [1.165, 1.54) is 0 Å². The van der Waals surface area contributed by atoms with Crippen LogP contribution in [0.4, 0.5) is 10.6 Å². The number of amides is 2. The number of aryl methyl sites for hydroxylation is 1. The van der Waals surface area contributed by atoms with E-state index >= 15 is 0 Å². The maximum absolute atomic E-state index is 11.3. The first kappa shape index (κ1) is 12.5. The van der Waals surface area contributed by atoms with Crippen molar-refractivity contribution in [1.82, 2.24) is 15.4 Å². The van der Waals surface area contributed by atoms with Crippen LogP contribution in [0, 0.1) is 6.92 Å². The van der Waals surface area contributed by atoms with Crippen LogP contribution in [0.25, 0.3) is 0 Å². The lowest BCUT2D eigenvalue weighted by Gasteiger charge is -2.09. The minimum atomic E-state index is -0.257. The van der Waals surface area contributed by atoms with Gasteiger partial charge in [0, 0.05) is 12.6 Å². The summed E-state index contributed by atoms with van der Waals surface area (Å²) in [6, 6.07) is 1.41. The molecule has 1 heterocycles. The number of rotatable bonds is 5. The fraction of sp³-hybridized carbons (Fsp3) is 0.600. The molecule has 1 aromatic heterocycles. The summed E-state index contributed by atoms with van der Waals surface area (Å²) in [5, 5.41) is 8.98. The van der Waals surface area contributed by atoms with Crippen molar-refractivity contribution >= 4 is 11.8 Å². The molecule has 0 saturated carbocycles. The van der Waals surface area contributed by atoms with Crippen LogP contribution < -0.4 is 10.6 Å². The summed E-state index contributed by atoms with van der Waals surface area (Å²) in [5.41, 5.74) is 0. The zero-order valence-electron chi connectivity index (χ0n) is 9.91. The average molecular weight is 226 g/mol. The molecule has 2 N–H and O–H groups in total. The molecule has 1 rings (SSSR count). The quantitative estimate of drug-likeness (QED) is 0.736. The molecule has 6 heteroatoms. The Morgan fingerprint density at radius 2 is 2.31 bits per heavy atom. The fourth-order valence-corrected chi connectivity index (χ4v) is 1.18. The van der Waals surface area contributed by atoms with Crippen molar-refractivity contribution in [1.29, 1.82) is 0 Å². The van der Waals surface area contributed by atoms with E-state index in [1.807, 2.05) is 14.1 Å². The summed E-state index contributed by atoms with van der Waals surface area (Å²) in [4.78, 5) is 13.4. The van der Waals surface area contributed by atoms with Crippen LogP contribution in [0.2, 0.25) is 0 Å². The number of hydrogen-bond donors (Lipinski definition) is 2. The molecule has 0 saturated heterocycles. The summed E-state index contributed by atoms with van der Waals surface area (Å²) in [6.45, 7) is 3.36. The van der Waals surface area contributed by atoms with Crippen LogP contribution >= 0.6 is 0 Å². The van der Waals surface area contributed by atoms with Gasteiger partial charge in [0.05, 0.1) is 0 Å². The van der Waals surface area contributed by atoms with Crippen LogP contribution in [-0.2, 0) is 0 Å². The highest BCUT2D eigenvalue weighted by molar-refractivity contribution is 5.88. The second kappa shape index (κ2) is 6.12. The fourth-order valence-electron chi connectivity index (χ4n) is 1.18. The molecular formula is C10H18N4O2. The summed E-state index contributed by atoms with van der Waals surface area (Å²) >= 11 is 0. The molecule has 0 unspecified atom stereocenters. The highest BCUT2D eigenvalue weighted by Crippen LogP contribution is 2.06. The largest absolute Gasteiger partial charge is 0.360 e. The predicted octanol–water partition coefficient (Wildman–Crippen LogP) is 1.06. The van der Waals surface area contributed by atoms with Crippen LogP contribution in [0.15, 0.2) is 10.6 Å². The van der Waals surface area contributed by atoms with E-state index in [4.69, 9.17) is 4.52 Å². The van der Waals surface area contributed by atoms with E-state index in [-0.39, 0.29) is 6.03 Å².